The predicted octanol–water partition coefficient (Wildman–Crippen LogP) is 2.93. The number of unbranched alkanes of at least 4 members (excludes halogenated alkanes) is 1. The fourth-order valence-corrected chi connectivity index (χ4v) is 2.30. The quantitative estimate of drug-likeness (QED) is 0.789. The summed E-state index contributed by atoms with van der Waals surface area (Å²) in [7, 11) is 1.53. The molecule has 5 heteroatoms. The molecule has 2 atom stereocenters. The zero-order valence-corrected chi connectivity index (χ0v) is 12.6. The first-order valence-corrected chi connectivity index (χ1v) is 6.88. The smallest absolute Gasteiger partial charge is 0.419 e. The predicted molar refractivity (Wildman–Crippen MR) is 71.5 cm³/mol. The standard InChI is InChI=1S/C14H25NO4/c1-6-7-8-10-9-11(16)15(12(10)18-5)13(17)19-14(2,3)4/h10,12H,6-9H2,1-5H3/t10-,12+/m1/s1. The molecule has 1 heterocycles. The van der Waals surface area contributed by atoms with Gasteiger partial charge in [0.2, 0.25) is 5.91 Å². The van der Waals surface area contributed by atoms with E-state index in [1.54, 1.807) is 20.8 Å². The zero-order valence-electron chi connectivity index (χ0n) is 12.6. The Morgan fingerprint density at radius 1 is 1.42 bits per heavy atom. The first-order valence-electron chi connectivity index (χ1n) is 6.88. The van der Waals surface area contributed by atoms with Crippen LogP contribution in [-0.4, -0.2) is 35.8 Å². The summed E-state index contributed by atoms with van der Waals surface area (Å²) in [6.07, 6.45) is 2.24. The largest absolute Gasteiger partial charge is 0.443 e. The molecule has 110 valence electrons. The number of ether oxygens (including phenoxy) is 2. The number of amides is 2. The van der Waals surface area contributed by atoms with Gasteiger partial charge in [-0.2, -0.15) is 0 Å². The Labute approximate surface area is 115 Å². The fraction of sp³-hybridized carbons (Fsp3) is 0.857. The molecule has 1 saturated heterocycles. The summed E-state index contributed by atoms with van der Waals surface area (Å²) in [5.41, 5.74) is -0.614. The highest BCUT2D eigenvalue weighted by molar-refractivity contribution is 5.94. The minimum atomic E-state index is -0.614. The fourth-order valence-electron chi connectivity index (χ4n) is 2.30. The lowest BCUT2D eigenvalue weighted by Crippen LogP contribution is -2.44. The number of rotatable bonds is 4. The first kappa shape index (κ1) is 16.0. The molecule has 1 aliphatic heterocycles. The van der Waals surface area contributed by atoms with Gasteiger partial charge in [-0.1, -0.05) is 19.8 Å². The molecule has 0 unspecified atom stereocenters. The topological polar surface area (TPSA) is 55.8 Å². The van der Waals surface area contributed by atoms with Crippen molar-refractivity contribution in [1.82, 2.24) is 4.90 Å². The monoisotopic (exact) mass is 271 g/mol. The normalized spacial score (nSPS) is 23.8. The summed E-state index contributed by atoms with van der Waals surface area (Å²) in [5.74, 6) is -0.132. The van der Waals surface area contributed by atoms with Gasteiger partial charge in [0.05, 0.1) is 0 Å². The average Bonchev–Trinajstić information content (AvgIpc) is 2.60. The van der Waals surface area contributed by atoms with Gasteiger partial charge in [-0.25, -0.2) is 9.69 Å². The molecule has 2 amide bonds. The van der Waals surface area contributed by atoms with Gasteiger partial charge in [0.15, 0.2) is 0 Å². The van der Waals surface area contributed by atoms with Crippen molar-refractivity contribution in [2.45, 2.75) is 65.2 Å². The second kappa shape index (κ2) is 6.37. The first-order chi connectivity index (χ1) is 8.80. The van der Waals surface area contributed by atoms with E-state index in [9.17, 15) is 9.59 Å². The molecule has 0 aromatic rings. The molecule has 19 heavy (non-hydrogen) atoms. The molecule has 0 spiro atoms. The van der Waals surface area contributed by atoms with Crippen molar-refractivity contribution in [3.63, 3.8) is 0 Å². The number of methoxy groups -OCH3 is 1. The molecule has 0 N–H and O–H groups in total. The van der Waals surface area contributed by atoms with Gasteiger partial charge in [-0.15, -0.1) is 0 Å². The molecule has 5 nitrogen and oxygen atoms in total. The van der Waals surface area contributed by atoms with Crippen LogP contribution >= 0.6 is 0 Å². The third kappa shape index (κ3) is 4.20. The summed E-state index contributed by atoms with van der Waals surface area (Å²) in [6, 6.07) is 0. The van der Waals surface area contributed by atoms with Crippen LogP contribution in [0.15, 0.2) is 0 Å². The van der Waals surface area contributed by atoms with Gasteiger partial charge < -0.3 is 9.47 Å². The molecule has 0 aromatic carbocycles. The number of hydrogen-bond acceptors (Lipinski definition) is 4. The molecule has 0 aliphatic carbocycles. The van der Waals surface area contributed by atoms with E-state index in [4.69, 9.17) is 9.47 Å². The Kier molecular flexibility index (Phi) is 5.35. The molecule has 0 aromatic heterocycles. The second-order valence-corrected chi connectivity index (χ2v) is 5.98. The van der Waals surface area contributed by atoms with Gasteiger partial charge in [0, 0.05) is 19.4 Å². The van der Waals surface area contributed by atoms with E-state index in [0.29, 0.717) is 6.42 Å². The second-order valence-electron chi connectivity index (χ2n) is 5.98. The van der Waals surface area contributed by atoms with Crippen molar-refractivity contribution in [2.75, 3.05) is 7.11 Å². The number of imide groups is 1. The van der Waals surface area contributed by atoms with Crippen molar-refractivity contribution in [1.29, 1.82) is 0 Å². The SMILES string of the molecule is CCCC[C@@H]1CC(=O)N(C(=O)OC(C)(C)C)[C@H]1OC. The average molecular weight is 271 g/mol. The van der Waals surface area contributed by atoms with Crippen LogP contribution in [0.5, 0.6) is 0 Å². The molecular weight excluding hydrogens is 246 g/mol. The van der Waals surface area contributed by atoms with Gasteiger partial charge in [-0.3, -0.25) is 4.79 Å². The Hall–Kier alpha value is -1.10. The van der Waals surface area contributed by atoms with Crippen molar-refractivity contribution >= 4 is 12.0 Å². The van der Waals surface area contributed by atoms with E-state index in [2.05, 4.69) is 6.92 Å². The summed E-state index contributed by atoms with van der Waals surface area (Å²) in [5, 5.41) is 0. The highest BCUT2D eigenvalue weighted by Gasteiger charge is 2.44. The lowest BCUT2D eigenvalue weighted by Gasteiger charge is -2.28. The van der Waals surface area contributed by atoms with Crippen molar-refractivity contribution in [2.24, 2.45) is 5.92 Å². The van der Waals surface area contributed by atoms with Crippen LogP contribution in [0.1, 0.15) is 53.4 Å². The van der Waals surface area contributed by atoms with Crippen LogP contribution in [-0.2, 0) is 14.3 Å². The number of hydrogen-bond donors (Lipinski definition) is 0. The maximum atomic E-state index is 12.1. The van der Waals surface area contributed by atoms with Crippen LogP contribution < -0.4 is 0 Å². The summed E-state index contributed by atoms with van der Waals surface area (Å²) < 4.78 is 10.6. The highest BCUT2D eigenvalue weighted by Crippen LogP contribution is 2.31. The molecule has 0 radical (unpaired) electrons. The van der Waals surface area contributed by atoms with Crippen LogP contribution in [0.3, 0.4) is 0 Å². The molecule has 1 fully saturated rings. The number of carbonyl (C=O) groups excluding carboxylic acids is 2. The summed E-state index contributed by atoms with van der Waals surface area (Å²) in [6.45, 7) is 7.44. The highest BCUT2D eigenvalue weighted by atomic mass is 16.6. The van der Waals surface area contributed by atoms with Gasteiger partial charge in [0.1, 0.15) is 11.8 Å². The Morgan fingerprint density at radius 2 is 2.05 bits per heavy atom. The van der Waals surface area contributed by atoms with Gasteiger partial charge >= 0.3 is 6.09 Å². The molecule has 1 aliphatic rings. The third-order valence-electron chi connectivity index (χ3n) is 3.12. The van der Waals surface area contributed by atoms with E-state index in [1.165, 1.54) is 7.11 Å². The van der Waals surface area contributed by atoms with E-state index >= 15 is 0 Å². The zero-order chi connectivity index (χ0) is 14.6. The number of likely N-dealkylation sites (tertiary alicyclic amines) is 1. The molecular formula is C14H25NO4. The number of carbonyl (C=O) groups is 2. The summed E-state index contributed by atoms with van der Waals surface area (Å²) >= 11 is 0. The molecule has 0 saturated carbocycles. The van der Waals surface area contributed by atoms with Crippen LogP contribution in [0.25, 0.3) is 0 Å². The maximum Gasteiger partial charge on any atom is 0.419 e. The lowest BCUT2D eigenvalue weighted by atomic mass is 10.00. The Morgan fingerprint density at radius 3 is 2.53 bits per heavy atom. The maximum absolute atomic E-state index is 12.1. The molecule has 1 rings (SSSR count). The number of nitrogens with zero attached hydrogens (tertiary/aromatic N) is 1. The van der Waals surface area contributed by atoms with E-state index < -0.39 is 17.9 Å². The summed E-state index contributed by atoms with van der Waals surface area (Å²) in [4.78, 5) is 25.2. The van der Waals surface area contributed by atoms with E-state index in [-0.39, 0.29) is 11.8 Å². The van der Waals surface area contributed by atoms with Crippen molar-refractivity contribution in [3.05, 3.63) is 0 Å². The van der Waals surface area contributed by atoms with Gasteiger partial charge in [-0.05, 0) is 27.2 Å². The minimum Gasteiger partial charge on any atom is -0.443 e. The van der Waals surface area contributed by atoms with Crippen LogP contribution in [0.4, 0.5) is 4.79 Å². The Balaban J connectivity index is 2.76. The van der Waals surface area contributed by atoms with Crippen LogP contribution in [0, 0.1) is 5.92 Å². The Bertz CT molecular complexity index is 335. The lowest BCUT2D eigenvalue weighted by molar-refractivity contribution is -0.133. The van der Waals surface area contributed by atoms with Gasteiger partial charge in [0.25, 0.3) is 0 Å². The third-order valence-corrected chi connectivity index (χ3v) is 3.12. The van der Waals surface area contributed by atoms with Crippen molar-refractivity contribution in [3.8, 4) is 0 Å². The van der Waals surface area contributed by atoms with E-state index in [1.807, 2.05) is 0 Å². The molecule has 0 bridgehead atoms. The van der Waals surface area contributed by atoms with Crippen molar-refractivity contribution < 1.29 is 19.1 Å². The van der Waals surface area contributed by atoms with Crippen LogP contribution in [0.2, 0.25) is 0 Å². The van der Waals surface area contributed by atoms with E-state index in [0.717, 1.165) is 24.2 Å². The minimum absolute atomic E-state index is 0.0740.